The van der Waals surface area contributed by atoms with E-state index in [-0.39, 0.29) is 5.91 Å². The largest absolute Gasteiger partial charge is 0.355 e. The average molecular weight is 347 g/mol. The lowest BCUT2D eigenvalue weighted by Crippen LogP contribution is -2.26. The number of nitrogens with one attached hydrogen (secondary N) is 1. The van der Waals surface area contributed by atoms with Crippen molar-refractivity contribution in [1.29, 1.82) is 0 Å². The molecule has 0 atom stereocenters. The van der Waals surface area contributed by atoms with E-state index < -0.39 is 0 Å². The van der Waals surface area contributed by atoms with Crippen LogP contribution in [0.15, 0.2) is 29.7 Å². The van der Waals surface area contributed by atoms with Crippen LogP contribution >= 0.6 is 11.8 Å². The van der Waals surface area contributed by atoms with E-state index in [4.69, 9.17) is 0 Å². The van der Waals surface area contributed by atoms with E-state index in [0.717, 1.165) is 55.3 Å². The highest BCUT2D eigenvalue weighted by Gasteiger charge is 2.14. The number of aromatic nitrogens is 4. The van der Waals surface area contributed by atoms with E-state index in [9.17, 15) is 4.79 Å². The Morgan fingerprint density at radius 3 is 2.67 bits per heavy atom. The third kappa shape index (κ3) is 5.33. The highest BCUT2D eigenvalue weighted by atomic mass is 32.2. The molecule has 0 spiro atoms. The molecule has 2 aromatic rings. The van der Waals surface area contributed by atoms with Gasteiger partial charge in [0.2, 0.25) is 5.91 Å². The second kappa shape index (κ2) is 10.1. The van der Waals surface area contributed by atoms with Gasteiger partial charge in [0.05, 0.1) is 5.75 Å². The van der Waals surface area contributed by atoms with Gasteiger partial charge in [-0.25, -0.2) is 0 Å². The van der Waals surface area contributed by atoms with Gasteiger partial charge in [0.15, 0.2) is 11.0 Å². The van der Waals surface area contributed by atoms with E-state index in [0.29, 0.717) is 5.75 Å². The molecule has 0 aliphatic carbocycles. The molecule has 0 fully saturated rings. The second-order valence-corrected chi connectivity index (χ2v) is 6.48. The fourth-order valence-electron chi connectivity index (χ4n) is 2.32. The van der Waals surface area contributed by atoms with E-state index in [1.807, 2.05) is 12.1 Å². The summed E-state index contributed by atoms with van der Waals surface area (Å²) in [6.07, 6.45) is 7.81. The average Bonchev–Trinajstić information content (AvgIpc) is 3.01. The second-order valence-electron chi connectivity index (χ2n) is 5.54. The van der Waals surface area contributed by atoms with Gasteiger partial charge in [0, 0.05) is 31.0 Å². The summed E-state index contributed by atoms with van der Waals surface area (Å²) in [6, 6.07) is 3.84. The summed E-state index contributed by atoms with van der Waals surface area (Å²) in [4.78, 5) is 16.0. The maximum atomic E-state index is 11.9. The Balaban J connectivity index is 1.98. The maximum Gasteiger partial charge on any atom is 0.230 e. The van der Waals surface area contributed by atoms with Crippen molar-refractivity contribution < 1.29 is 4.79 Å². The molecule has 6 nitrogen and oxygen atoms in total. The smallest absolute Gasteiger partial charge is 0.230 e. The Hall–Kier alpha value is -1.89. The molecule has 2 heterocycles. The topological polar surface area (TPSA) is 72.7 Å². The molecule has 7 heteroatoms. The van der Waals surface area contributed by atoms with Crippen molar-refractivity contribution in [3.8, 4) is 11.4 Å². The summed E-state index contributed by atoms with van der Waals surface area (Å²) in [5.74, 6) is 1.24. The van der Waals surface area contributed by atoms with E-state index in [1.165, 1.54) is 11.8 Å². The Morgan fingerprint density at radius 1 is 1.17 bits per heavy atom. The van der Waals surface area contributed by atoms with Crippen molar-refractivity contribution in [3.05, 3.63) is 24.5 Å². The van der Waals surface area contributed by atoms with Crippen molar-refractivity contribution >= 4 is 17.7 Å². The minimum atomic E-state index is 0.0487. The fraction of sp³-hybridized carbons (Fsp3) is 0.529. The van der Waals surface area contributed by atoms with E-state index in [2.05, 4.69) is 38.9 Å². The third-order valence-corrected chi connectivity index (χ3v) is 4.50. The molecule has 130 valence electrons. The molecule has 2 aromatic heterocycles. The number of pyridine rings is 1. The molecule has 0 aliphatic heterocycles. The SMILES string of the molecule is CCCCCNC(=O)CSc1nnc(-c2ccncc2)n1CCC. The predicted molar refractivity (Wildman–Crippen MR) is 96.8 cm³/mol. The van der Waals surface area contributed by atoms with Crippen LogP contribution in [0.5, 0.6) is 0 Å². The fourth-order valence-corrected chi connectivity index (χ4v) is 3.11. The number of thioether (sulfide) groups is 1. The van der Waals surface area contributed by atoms with Crippen molar-refractivity contribution in [2.24, 2.45) is 0 Å². The quantitative estimate of drug-likeness (QED) is 0.528. The molecule has 0 aromatic carbocycles. The van der Waals surface area contributed by atoms with Crippen LogP contribution in [0.3, 0.4) is 0 Å². The lowest BCUT2D eigenvalue weighted by Gasteiger charge is -2.09. The van der Waals surface area contributed by atoms with Crippen LogP contribution in [0.1, 0.15) is 39.5 Å². The van der Waals surface area contributed by atoms with E-state index in [1.54, 1.807) is 12.4 Å². The summed E-state index contributed by atoms with van der Waals surface area (Å²) in [7, 11) is 0. The molecule has 0 saturated carbocycles. The monoisotopic (exact) mass is 347 g/mol. The third-order valence-electron chi connectivity index (χ3n) is 3.54. The Kier molecular flexibility index (Phi) is 7.74. The Labute approximate surface area is 147 Å². The first-order valence-corrected chi connectivity index (χ1v) is 9.47. The summed E-state index contributed by atoms with van der Waals surface area (Å²) in [6.45, 7) is 5.84. The summed E-state index contributed by atoms with van der Waals surface area (Å²) < 4.78 is 2.07. The Bertz CT molecular complexity index is 629. The van der Waals surface area contributed by atoms with Gasteiger partial charge >= 0.3 is 0 Å². The first-order valence-electron chi connectivity index (χ1n) is 8.49. The van der Waals surface area contributed by atoms with Gasteiger partial charge in [-0.15, -0.1) is 10.2 Å². The van der Waals surface area contributed by atoms with Gasteiger partial charge < -0.3 is 9.88 Å². The van der Waals surface area contributed by atoms with Crippen LogP contribution in [-0.2, 0) is 11.3 Å². The number of unbranched alkanes of at least 4 members (excludes halogenated alkanes) is 2. The number of carbonyl (C=O) groups excluding carboxylic acids is 1. The summed E-state index contributed by atoms with van der Waals surface area (Å²) in [5.41, 5.74) is 0.988. The number of nitrogens with zero attached hydrogens (tertiary/aromatic N) is 4. The van der Waals surface area contributed by atoms with Gasteiger partial charge in [-0.2, -0.15) is 0 Å². The number of hydrogen-bond acceptors (Lipinski definition) is 5. The van der Waals surface area contributed by atoms with Gasteiger partial charge in [-0.05, 0) is 25.0 Å². The molecule has 0 bridgehead atoms. The number of amides is 1. The minimum absolute atomic E-state index is 0.0487. The molecule has 1 amide bonds. The normalized spacial score (nSPS) is 10.8. The maximum absolute atomic E-state index is 11.9. The molecule has 0 saturated heterocycles. The van der Waals surface area contributed by atoms with Gasteiger partial charge in [-0.3, -0.25) is 9.78 Å². The first-order chi connectivity index (χ1) is 11.8. The molecule has 24 heavy (non-hydrogen) atoms. The van der Waals surface area contributed by atoms with Crippen LogP contribution in [0.2, 0.25) is 0 Å². The van der Waals surface area contributed by atoms with Crippen LogP contribution in [0.25, 0.3) is 11.4 Å². The molecule has 0 aliphatic rings. The Morgan fingerprint density at radius 2 is 1.96 bits per heavy atom. The van der Waals surface area contributed by atoms with Crippen LogP contribution in [-0.4, -0.2) is 38.0 Å². The van der Waals surface area contributed by atoms with Gasteiger partial charge in [0.25, 0.3) is 0 Å². The summed E-state index contributed by atoms with van der Waals surface area (Å²) >= 11 is 1.44. The van der Waals surface area contributed by atoms with E-state index >= 15 is 0 Å². The van der Waals surface area contributed by atoms with Crippen LogP contribution in [0.4, 0.5) is 0 Å². The molecule has 0 radical (unpaired) electrons. The predicted octanol–water partition coefficient (Wildman–Crippen LogP) is 3.15. The lowest BCUT2D eigenvalue weighted by atomic mass is 10.2. The van der Waals surface area contributed by atoms with Crippen molar-refractivity contribution in [1.82, 2.24) is 25.1 Å². The standard InChI is InChI=1S/C17H25N5OS/c1-3-5-6-9-19-15(23)13-24-17-21-20-16(22(17)12-4-2)14-7-10-18-11-8-14/h7-8,10-11H,3-6,9,12-13H2,1-2H3,(H,19,23). The zero-order valence-electron chi connectivity index (χ0n) is 14.4. The van der Waals surface area contributed by atoms with Crippen LogP contribution < -0.4 is 5.32 Å². The first kappa shape index (κ1) is 18.4. The van der Waals surface area contributed by atoms with Crippen molar-refractivity contribution in [2.45, 2.75) is 51.2 Å². The molecule has 1 N–H and O–H groups in total. The zero-order chi connectivity index (χ0) is 17.2. The van der Waals surface area contributed by atoms with Gasteiger partial charge in [-0.1, -0.05) is 38.5 Å². The number of carbonyl (C=O) groups is 1. The molecule has 2 rings (SSSR count). The van der Waals surface area contributed by atoms with Gasteiger partial charge in [0.1, 0.15) is 0 Å². The summed E-state index contributed by atoms with van der Waals surface area (Å²) in [5, 5.41) is 12.3. The minimum Gasteiger partial charge on any atom is -0.355 e. The number of rotatable bonds is 10. The zero-order valence-corrected chi connectivity index (χ0v) is 15.2. The highest BCUT2D eigenvalue weighted by molar-refractivity contribution is 7.99. The van der Waals surface area contributed by atoms with Crippen LogP contribution in [0, 0.1) is 0 Å². The van der Waals surface area contributed by atoms with Crippen molar-refractivity contribution in [2.75, 3.05) is 12.3 Å². The molecule has 0 unspecified atom stereocenters. The van der Waals surface area contributed by atoms with Crippen molar-refractivity contribution in [3.63, 3.8) is 0 Å². The molecular weight excluding hydrogens is 322 g/mol. The highest BCUT2D eigenvalue weighted by Crippen LogP contribution is 2.23. The lowest BCUT2D eigenvalue weighted by molar-refractivity contribution is -0.118. The number of hydrogen-bond donors (Lipinski definition) is 1. The molecular formula is C17H25N5OS.